The Morgan fingerprint density at radius 1 is 1.24 bits per heavy atom. The van der Waals surface area contributed by atoms with E-state index >= 15 is 0 Å². The molecule has 2 rings (SSSR count). The van der Waals surface area contributed by atoms with Gasteiger partial charge in [-0.25, -0.2) is 0 Å². The highest BCUT2D eigenvalue weighted by Gasteiger charge is 2.08. The number of hydrogen-bond donors (Lipinski definition) is 1. The van der Waals surface area contributed by atoms with Crippen LogP contribution in [0.1, 0.15) is 17.1 Å². The minimum atomic E-state index is 0.409. The third kappa shape index (κ3) is 2.81. The molecule has 0 bridgehead atoms. The van der Waals surface area contributed by atoms with Crippen LogP contribution in [0.5, 0.6) is 5.75 Å². The highest BCUT2D eigenvalue weighted by Crippen LogP contribution is 2.25. The zero-order chi connectivity index (χ0) is 12.3. The summed E-state index contributed by atoms with van der Waals surface area (Å²) < 4.78 is 10.8. The van der Waals surface area contributed by atoms with Crippen LogP contribution >= 0.6 is 11.6 Å². The summed E-state index contributed by atoms with van der Waals surface area (Å²) in [4.78, 5) is 0. The molecule has 1 heterocycles. The van der Waals surface area contributed by atoms with Crippen molar-refractivity contribution in [3.63, 3.8) is 0 Å². The van der Waals surface area contributed by atoms with Crippen LogP contribution in [-0.4, -0.2) is 7.11 Å². The van der Waals surface area contributed by atoms with Gasteiger partial charge in [-0.05, 0) is 30.3 Å². The van der Waals surface area contributed by atoms with Crippen LogP contribution < -0.4 is 10.5 Å². The van der Waals surface area contributed by atoms with Crippen molar-refractivity contribution in [3.8, 4) is 5.75 Å². The fourth-order valence-corrected chi connectivity index (χ4v) is 1.89. The molecule has 1 aromatic heterocycles. The van der Waals surface area contributed by atoms with Gasteiger partial charge in [0, 0.05) is 17.0 Å². The van der Waals surface area contributed by atoms with Crippen LogP contribution in [0.15, 0.2) is 34.7 Å². The molecular formula is C13H14ClNO2. The Bertz CT molecular complexity index is 508. The van der Waals surface area contributed by atoms with E-state index in [0.29, 0.717) is 18.0 Å². The molecule has 0 unspecified atom stereocenters. The van der Waals surface area contributed by atoms with Crippen LogP contribution in [0, 0.1) is 0 Å². The third-order valence-electron chi connectivity index (χ3n) is 2.53. The summed E-state index contributed by atoms with van der Waals surface area (Å²) in [5.41, 5.74) is 6.50. The summed E-state index contributed by atoms with van der Waals surface area (Å²) in [7, 11) is 1.64. The molecule has 2 aromatic rings. The maximum Gasteiger partial charge on any atom is 0.122 e. The first-order valence-electron chi connectivity index (χ1n) is 5.33. The van der Waals surface area contributed by atoms with Crippen LogP contribution in [0.2, 0.25) is 5.02 Å². The van der Waals surface area contributed by atoms with Crippen molar-refractivity contribution in [2.75, 3.05) is 7.11 Å². The molecule has 0 aliphatic heterocycles. The molecule has 3 nitrogen and oxygen atoms in total. The Hall–Kier alpha value is -1.45. The monoisotopic (exact) mass is 251 g/mol. The summed E-state index contributed by atoms with van der Waals surface area (Å²) in [6.45, 7) is 0.409. The number of ether oxygens (including phenoxy) is 1. The molecule has 0 saturated heterocycles. The Morgan fingerprint density at radius 3 is 2.65 bits per heavy atom. The number of rotatable bonds is 4. The SMILES string of the molecule is COc1ccc(Cl)cc1Cc1ccc(CN)o1. The number of methoxy groups -OCH3 is 1. The lowest BCUT2D eigenvalue weighted by Crippen LogP contribution is -1.94. The molecule has 0 aliphatic rings. The molecule has 0 atom stereocenters. The molecule has 1 aromatic carbocycles. The Kier molecular flexibility index (Phi) is 3.71. The van der Waals surface area contributed by atoms with Gasteiger partial charge < -0.3 is 14.9 Å². The van der Waals surface area contributed by atoms with E-state index in [4.69, 9.17) is 26.5 Å². The Morgan fingerprint density at radius 2 is 2.00 bits per heavy atom. The van der Waals surface area contributed by atoms with Gasteiger partial charge >= 0.3 is 0 Å². The van der Waals surface area contributed by atoms with Crippen molar-refractivity contribution >= 4 is 11.6 Å². The van der Waals surface area contributed by atoms with Gasteiger partial charge in [0.2, 0.25) is 0 Å². The van der Waals surface area contributed by atoms with E-state index in [1.807, 2.05) is 24.3 Å². The van der Waals surface area contributed by atoms with Crippen molar-refractivity contribution in [1.29, 1.82) is 0 Å². The first kappa shape index (κ1) is 12.0. The van der Waals surface area contributed by atoms with E-state index in [1.54, 1.807) is 13.2 Å². The van der Waals surface area contributed by atoms with Crippen molar-refractivity contribution < 1.29 is 9.15 Å². The van der Waals surface area contributed by atoms with Crippen LogP contribution in [0.3, 0.4) is 0 Å². The normalized spacial score (nSPS) is 10.5. The predicted molar refractivity (Wildman–Crippen MR) is 67.4 cm³/mol. The number of benzene rings is 1. The Labute approximate surface area is 105 Å². The fourth-order valence-electron chi connectivity index (χ4n) is 1.70. The van der Waals surface area contributed by atoms with Gasteiger partial charge in [-0.3, -0.25) is 0 Å². The lowest BCUT2D eigenvalue weighted by atomic mass is 10.1. The maximum atomic E-state index is 5.97. The molecule has 0 fully saturated rings. The first-order chi connectivity index (χ1) is 8.22. The quantitative estimate of drug-likeness (QED) is 0.909. The van der Waals surface area contributed by atoms with E-state index < -0.39 is 0 Å². The zero-order valence-corrected chi connectivity index (χ0v) is 10.3. The van der Waals surface area contributed by atoms with Crippen LogP contribution in [-0.2, 0) is 13.0 Å². The van der Waals surface area contributed by atoms with E-state index in [0.717, 1.165) is 22.8 Å². The largest absolute Gasteiger partial charge is 0.496 e. The number of nitrogens with two attached hydrogens (primary N) is 1. The topological polar surface area (TPSA) is 48.4 Å². The molecule has 0 amide bonds. The molecule has 0 radical (unpaired) electrons. The Balaban J connectivity index is 2.25. The number of halogens is 1. The molecule has 90 valence electrons. The van der Waals surface area contributed by atoms with Gasteiger partial charge in [0.05, 0.1) is 13.7 Å². The van der Waals surface area contributed by atoms with Gasteiger partial charge in [0.25, 0.3) is 0 Å². The summed E-state index contributed by atoms with van der Waals surface area (Å²) in [5, 5.41) is 0.686. The molecule has 0 spiro atoms. The first-order valence-corrected chi connectivity index (χ1v) is 5.71. The van der Waals surface area contributed by atoms with E-state index in [9.17, 15) is 0 Å². The smallest absolute Gasteiger partial charge is 0.122 e. The highest BCUT2D eigenvalue weighted by molar-refractivity contribution is 6.30. The lowest BCUT2D eigenvalue weighted by Gasteiger charge is -2.07. The van der Waals surface area contributed by atoms with Crippen LogP contribution in [0.25, 0.3) is 0 Å². The van der Waals surface area contributed by atoms with Crippen LogP contribution in [0.4, 0.5) is 0 Å². The molecule has 0 aliphatic carbocycles. The second-order valence-corrected chi connectivity index (χ2v) is 4.14. The van der Waals surface area contributed by atoms with Crippen molar-refractivity contribution in [1.82, 2.24) is 0 Å². The fraction of sp³-hybridized carbons (Fsp3) is 0.231. The van der Waals surface area contributed by atoms with Gasteiger partial charge in [-0.15, -0.1) is 0 Å². The lowest BCUT2D eigenvalue weighted by molar-refractivity contribution is 0.407. The third-order valence-corrected chi connectivity index (χ3v) is 2.76. The molecule has 2 N–H and O–H groups in total. The second kappa shape index (κ2) is 5.25. The van der Waals surface area contributed by atoms with E-state index in [1.165, 1.54) is 0 Å². The van der Waals surface area contributed by atoms with Crippen molar-refractivity contribution in [2.45, 2.75) is 13.0 Å². The summed E-state index contributed by atoms with van der Waals surface area (Å²) >= 11 is 5.97. The standard InChI is InChI=1S/C13H14ClNO2/c1-16-13-5-2-10(14)6-9(13)7-11-3-4-12(8-15)17-11/h2-6H,7-8,15H2,1H3. The molecular weight excluding hydrogens is 238 g/mol. The minimum Gasteiger partial charge on any atom is -0.496 e. The molecule has 0 saturated carbocycles. The molecule has 4 heteroatoms. The summed E-state index contributed by atoms with van der Waals surface area (Å²) in [6.07, 6.45) is 0.643. The predicted octanol–water partition coefficient (Wildman–Crippen LogP) is 2.99. The zero-order valence-electron chi connectivity index (χ0n) is 9.57. The highest BCUT2D eigenvalue weighted by atomic mass is 35.5. The van der Waals surface area contributed by atoms with Gasteiger partial charge in [-0.2, -0.15) is 0 Å². The van der Waals surface area contributed by atoms with E-state index in [2.05, 4.69) is 0 Å². The molecule has 17 heavy (non-hydrogen) atoms. The average molecular weight is 252 g/mol. The van der Waals surface area contributed by atoms with Gasteiger partial charge in [0.1, 0.15) is 17.3 Å². The van der Waals surface area contributed by atoms with Crippen molar-refractivity contribution in [3.05, 3.63) is 52.4 Å². The second-order valence-electron chi connectivity index (χ2n) is 3.71. The van der Waals surface area contributed by atoms with Gasteiger partial charge in [-0.1, -0.05) is 11.6 Å². The maximum absolute atomic E-state index is 5.97. The average Bonchev–Trinajstić information content (AvgIpc) is 2.77. The summed E-state index contributed by atoms with van der Waals surface area (Å²) in [6, 6.07) is 9.34. The van der Waals surface area contributed by atoms with Gasteiger partial charge in [0.15, 0.2) is 0 Å². The number of hydrogen-bond acceptors (Lipinski definition) is 3. The summed E-state index contributed by atoms with van der Waals surface area (Å²) in [5.74, 6) is 2.44. The minimum absolute atomic E-state index is 0.409. The van der Waals surface area contributed by atoms with Crippen molar-refractivity contribution in [2.24, 2.45) is 5.73 Å². The number of furan rings is 1. The van der Waals surface area contributed by atoms with E-state index in [-0.39, 0.29) is 0 Å².